The van der Waals surface area contributed by atoms with Crippen LogP contribution < -0.4 is 9.47 Å². The van der Waals surface area contributed by atoms with Crippen molar-refractivity contribution in [2.45, 2.75) is 6.92 Å². The number of halogens is 1. The number of carbonyl (C=O) groups is 1. The fraction of sp³-hybridized carbons (Fsp3) is 0.300. The fourth-order valence-electron chi connectivity index (χ4n) is 1.28. The lowest BCUT2D eigenvalue weighted by Crippen LogP contribution is -2.02. The Balaban J connectivity index is 3.56. The molecular weight excluding hydrogens is 203 g/mol. The second-order valence-corrected chi connectivity index (χ2v) is 2.87. The van der Waals surface area contributed by atoms with E-state index in [2.05, 4.69) is 0 Å². The van der Waals surface area contributed by atoms with Crippen molar-refractivity contribution in [3.63, 3.8) is 0 Å². The maximum atomic E-state index is 13.2. The van der Waals surface area contributed by atoms with Crippen LogP contribution in [-0.4, -0.2) is 25.1 Å². The van der Waals surface area contributed by atoms with E-state index in [1.54, 1.807) is 0 Å². The van der Waals surface area contributed by atoms with Crippen LogP contribution in [0.2, 0.25) is 0 Å². The van der Waals surface area contributed by atoms with Crippen LogP contribution in [0, 0.1) is 5.82 Å². The second kappa shape index (κ2) is 4.16. The first-order valence-corrected chi connectivity index (χ1v) is 4.17. The molecule has 4 nitrogen and oxygen atoms in total. The number of hydrogen-bond acceptors (Lipinski definition) is 4. The van der Waals surface area contributed by atoms with Crippen molar-refractivity contribution in [3.8, 4) is 17.2 Å². The summed E-state index contributed by atoms with van der Waals surface area (Å²) in [6.07, 6.45) is 0. The number of phenolic OH excluding ortho intramolecular Hbond substituents is 1. The molecule has 0 saturated heterocycles. The summed E-state index contributed by atoms with van der Waals surface area (Å²) in [5.74, 6) is -2.04. The number of Topliss-reactive ketones (excluding diaryl/α,β-unsaturated/α-hetero) is 1. The van der Waals surface area contributed by atoms with Gasteiger partial charge in [-0.1, -0.05) is 0 Å². The molecule has 0 aromatic heterocycles. The van der Waals surface area contributed by atoms with Crippen LogP contribution in [0.3, 0.4) is 0 Å². The molecule has 0 fully saturated rings. The Morgan fingerprint density at radius 2 is 2.00 bits per heavy atom. The molecule has 0 unspecified atom stereocenters. The van der Waals surface area contributed by atoms with Gasteiger partial charge in [0.15, 0.2) is 28.8 Å². The molecule has 1 aromatic carbocycles. The molecule has 0 heterocycles. The van der Waals surface area contributed by atoms with Crippen molar-refractivity contribution < 1.29 is 23.8 Å². The third kappa shape index (κ3) is 1.86. The summed E-state index contributed by atoms with van der Waals surface area (Å²) in [6.45, 7) is 1.20. The van der Waals surface area contributed by atoms with E-state index in [0.29, 0.717) is 0 Å². The van der Waals surface area contributed by atoms with E-state index in [0.717, 1.165) is 6.07 Å². The first-order chi connectivity index (χ1) is 7.02. The lowest BCUT2D eigenvalue weighted by Gasteiger charge is -2.12. The molecule has 0 atom stereocenters. The maximum absolute atomic E-state index is 13.2. The van der Waals surface area contributed by atoms with E-state index in [1.807, 2.05) is 0 Å². The molecule has 0 bridgehead atoms. The average Bonchev–Trinajstić information content (AvgIpc) is 2.20. The lowest BCUT2D eigenvalue weighted by molar-refractivity contribution is 0.101. The minimum atomic E-state index is -0.919. The number of benzene rings is 1. The average molecular weight is 214 g/mol. The normalized spacial score (nSPS) is 9.87. The van der Waals surface area contributed by atoms with E-state index in [4.69, 9.17) is 9.47 Å². The van der Waals surface area contributed by atoms with Gasteiger partial charge < -0.3 is 14.6 Å². The van der Waals surface area contributed by atoms with Gasteiger partial charge in [-0.25, -0.2) is 4.39 Å². The summed E-state index contributed by atoms with van der Waals surface area (Å²) < 4.78 is 22.9. The van der Waals surface area contributed by atoms with Gasteiger partial charge in [0, 0.05) is 6.07 Å². The Bertz CT molecular complexity index is 401. The quantitative estimate of drug-likeness (QED) is 0.779. The summed E-state index contributed by atoms with van der Waals surface area (Å²) in [5.41, 5.74) is -0.214. The minimum absolute atomic E-state index is 0.0314. The number of ketones is 1. The third-order valence-electron chi connectivity index (χ3n) is 1.95. The standard InChI is InChI=1S/C10H11FO4/c1-5(12)8-9(13)6(11)4-7(14-2)10(8)15-3/h4,13H,1-3H3. The Morgan fingerprint density at radius 1 is 1.40 bits per heavy atom. The molecule has 82 valence electrons. The van der Waals surface area contributed by atoms with Crippen LogP contribution in [0.1, 0.15) is 17.3 Å². The Morgan fingerprint density at radius 3 is 2.40 bits per heavy atom. The van der Waals surface area contributed by atoms with Gasteiger partial charge in [-0.05, 0) is 6.92 Å². The molecule has 0 amide bonds. The van der Waals surface area contributed by atoms with E-state index >= 15 is 0 Å². The highest BCUT2D eigenvalue weighted by Crippen LogP contribution is 2.38. The van der Waals surface area contributed by atoms with Crippen LogP contribution in [0.5, 0.6) is 17.2 Å². The first kappa shape index (κ1) is 11.3. The van der Waals surface area contributed by atoms with Gasteiger partial charge in [-0.2, -0.15) is 0 Å². The predicted molar refractivity (Wildman–Crippen MR) is 51.2 cm³/mol. The molecule has 0 aliphatic rings. The minimum Gasteiger partial charge on any atom is -0.504 e. The molecule has 0 spiro atoms. The third-order valence-corrected chi connectivity index (χ3v) is 1.95. The van der Waals surface area contributed by atoms with Crippen LogP contribution in [0.15, 0.2) is 6.07 Å². The Labute approximate surface area is 86.2 Å². The van der Waals surface area contributed by atoms with Crippen molar-refractivity contribution >= 4 is 5.78 Å². The largest absolute Gasteiger partial charge is 0.504 e. The van der Waals surface area contributed by atoms with Gasteiger partial charge in [-0.15, -0.1) is 0 Å². The summed E-state index contributed by atoms with van der Waals surface area (Å²) >= 11 is 0. The molecule has 5 heteroatoms. The molecule has 1 aromatic rings. The number of carbonyl (C=O) groups excluding carboxylic acids is 1. The summed E-state index contributed by atoms with van der Waals surface area (Å²) in [6, 6.07) is 0.959. The smallest absolute Gasteiger partial charge is 0.175 e. The van der Waals surface area contributed by atoms with E-state index < -0.39 is 17.3 Å². The molecule has 1 rings (SSSR count). The molecule has 15 heavy (non-hydrogen) atoms. The number of aromatic hydroxyl groups is 1. The number of methoxy groups -OCH3 is 2. The number of hydrogen-bond donors (Lipinski definition) is 1. The van der Waals surface area contributed by atoms with Crippen molar-refractivity contribution in [3.05, 3.63) is 17.4 Å². The highest BCUT2D eigenvalue weighted by Gasteiger charge is 2.22. The van der Waals surface area contributed by atoms with E-state index in [1.165, 1.54) is 21.1 Å². The van der Waals surface area contributed by atoms with Crippen molar-refractivity contribution in [2.75, 3.05) is 14.2 Å². The van der Waals surface area contributed by atoms with Crippen LogP contribution in [0.4, 0.5) is 4.39 Å². The maximum Gasteiger partial charge on any atom is 0.175 e. The SMILES string of the molecule is COc1cc(F)c(O)c(C(C)=O)c1OC. The van der Waals surface area contributed by atoms with Crippen molar-refractivity contribution in [1.29, 1.82) is 0 Å². The van der Waals surface area contributed by atoms with Gasteiger partial charge in [0.05, 0.1) is 14.2 Å². The van der Waals surface area contributed by atoms with E-state index in [9.17, 15) is 14.3 Å². The summed E-state index contributed by atoms with van der Waals surface area (Å²) in [7, 11) is 2.62. The Kier molecular flexibility index (Phi) is 3.14. The van der Waals surface area contributed by atoms with E-state index in [-0.39, 0.29) is 17.1 Å². The van der Waals surface area contributed by atoms with Crippen LogP contribution in [-0.2, 0) is 0 Å². The zero-order valence-corrected chi connectivity index (χ0v) is 8.63. The molecule has 1 N–H and O–H groups in total. The zero-order chi connectivity index (χ0) is 11.6. The van der Waals surface area contributed by atoms with Gasteiger partial charge in [-0.3, -0.25) is 4.79 Å². The highest BCUT2D eigenvalue weighted by molar-refractivity contribution is 6.00. The predicted octanol–water partition coefficient (Wildman–Crippen LogP) is 1.75. The fourth-order valence-corrected chi connectivity index (χ4v) is 1.28. The van der Waals surface area contributed by atoms with Crippen molar-refractivity contribution in [1.82, 2.24) is 0 Å². The monoisotopic (exact) mass is 214 g/mol. The molecule has 0 aliphatic carbocycles. The van der Waals surface area contributed by atoms with Crippen LogP contribution in [0.25, 0.3) is 0 Å². The molecule has 0 aliphatic heterocycles. The summed E-state index contributed by atoms with van der Waals surface area (Å²) in [5, 5.41) is 9.37. The number of ether oxygens (including phenoxy) is 2. The highest BCUT2D eigenvalue weighted by atomic mass is 19.1. The van der Waals surface area contributed by atoms with Gasteiger partial charge in [0.25, 0.3) is 0 Å². The number of rotatable bonds is 3. The van der Waals surface area contributed by atoms with Gasteiger partial charge in [0.2, 0.25) is 0 Å². The van der Waals surface area contributed by atoms with Gasteiger partial charge >= 0.3 is 0 Å². The van der Waals surface area contributed by atoms with Crippen LogP contribution >= 0.6 is 0 Å². The molecular formula is C10H11FO4. The second-order valence-electron chi connectivity index (χ2n) is 2.87. The molecule has 0 radical (unpaired) electrons. The van der Waals surface area contributed by atoms with Gasteiger partial charge in [0.1, 0.15) is 5.56 Å². The lowest BCUT2D eigenvalue weighted by atomic mass is 10.1. The Hall–Kier alpha value is -1.78. The summed E-state index contributed by atoms with van der Waals surface area (Å²) in [4.78, 5) is 11.2. The van der Waals surface area contributed by atoms with Crippen molar-refractivity contribution in [2.24, 2.45) is 0 Å². The number of phenols is 1. The topological polar surface area (TPSA) is 55.8 Å². The first-order valence-electron chi connectivity index (χ1n) is 4.17. The zero-order valence-electron chi connectivity index (χ0n) is 8.63. The molecule has 0 saturated carbocycles.